The number of hydrogen-bond acceptors (Lipinski definition) is 4. The monoisotopic (exact) mass is 244 g/mol. The van der Waals surface area contributed by atoms with Gasteiger partial charge in [-0.3, -0.25) is 0 Å². The maximum Gasteiger partial charge on any atom is 0.257 e. The van der Waals surface area contributed by atoms with Gasteiger partial charge in [0.25, 0.3) is 10.0 Å². The Morgan fingerprint density at radius 2 is 2.38 bits per heavy atom. The lowest BCUT2D eigenvalue weighted by Gasteiger charge is -2.15. The zero-order chi connectivity index (χ0) is 11.6. The summed E-state index contributed by atoms with van der Waals surface area (Å²) in [6, 6.07) is 0.650. The third-order valence-electron chi connectivity index (χ3n) is 2.69. The van der Waals surface area contributed by atoms with Crippen LogP contribution in [0.1, 0.15) is 12.8 Å². The third-order valence-corrected chi connectivity index (χ3v) is 4.08. The molecule has 2 N–H and O–H groups in total. The lowest BCUT2D eigenvalue weighted by Crippen LogP contribution is -2.34. The molecule has 2 rings (SSSR count). The maximum atomic E-state index is 11.7. The minimum atomic E-state index is -3.41. The summed E-state index contributed by atoms with van der Waals surface area (Å²) in [7, 11) is -1.40. The second-order valence-corrected chi connectivity index (χ2v) is 5.76. The number of nitrogens with one attached hydrogen (secondary N) is 2. The van der Waals surface area contributed by atoms with Crippen LogP contribution >= 0.6 is 0 Å². The standard InChI is InChI=1S/C9H16N4O2S/c1-13(8-2-3-8)5-4-12-16(14,15)9-6-10-7-11-9/h6-8,12H,2-5H2,1H3,(H,10,11). The first-order valence-electron chi connectivity index (χ1n) is 5.28. The van der Waals surface area contributed by atoms with Crippen molar-refractivity contribution in [3.8, 4) is 0 Å². The van der Waals surface area contributed by atoms with E-state index in [1.807, 2.05) is 7.05 Å². The van der Waals surface area contributed by atoms with E-state index in [9.17, 15) is 8.42 Å². The molecule has 0 bridgehead atoms. The highest BCUT2D eigenvalue weighted by atomic mass is 32.2. The Kier molecular flexibility index (Phi) is 3.27. The molecule has 90 valence electrons. The van der Waals surface area contributed by atoms with Gasteiger partial charge in [-0.25, -0.2) is 18.1 Å². The van der Waals surface area contributed by atoms with E-state index in [1.165, 1.54) is 25.4 Å². The molecule has 0 amide bonds. The topological polar surface area (TPSA) is 78.1 Å². The third kappa shape index (κ3) is 2.81. The number of likely N-dealkylation sites (N-methyl/N-ethyl adjacent to an activating group) is 1. The van der Waals surface area contributed by atoms with E-state index < -0.39 is 10.0 Å². The zero-order valence-corrected chi connectivity index (χ0v) is 10.00. The van der Waals surface area contributed by atoms with Crippen molar-refractivity contribution in [2.75, 3.05) is 20.1 Å². The summed E-state index contributed by atoms with van der Waals surface area (Å²) in [6.07, 6.45) is 5.10. The summed E-state index contributed by atoms with van der Waals surface area (Å²) >= 11 is 0. The van der Waals surface area contributed by atoms with Gasteiger partial charge in [0.1, 0.15) is 0 Å². The number of rotatable bonds is 6. The van der Waals surface area contributed by atoms with Gasteiger partial charge in [-0.2, -0.15) is 0 Å². The summed E-state index contributed by atoms with van der Waals surface area (Å²) in [6.45, 7) is 1.16. The van der Waals surface area contributed by atoms with Crippen LogP contribution in [0.5, 0.6) is 0 Å². The predicted octanol–water partition coefficient (Wildman–Crippen LogP) is -0.218. The van der Waals surface area contributed by atoms with Crippen LogP contribution in [0.4, 0.5) is 0 Å². The second-order valence-electron chi connectivity index (χ2n) is 4.03. The van der Waals surface area contributed by atoms with E-state index >= 15 is 0 Å². The number of sulfonamides is 1. The molecule has 16 heavy (non-hydrogen) atoms. The highest BCUT2D eigenvalue weighted by Gasteiger charge is 2.25. The number of aromatic nitrogens is 2. The van der Waals surface area contributed by atoms with Crippen LogP contribution in [0, 0.1) is 0 Å². The number of nitrogens with zero attached hydrogens (tertiary/aromatic N) is 2. The molecular weight excluding hydrogens is 228 g/mol. The molecular formula is C9H16N4O2S. The van der Waals surface area contributed by atoms with Crippen molar-refractivity contribution in [3.63, 3.8) is 0 Å². The molecule has 1 aliphatic carbocycles. The number of H-pyrrole nitrogens is 1. The lowest BCUT2D eigenvalue weighted by atomic mass is 10.5. The summed E-state index contributed by atoms with van der Waals surface area (Å²) in [5.41, 5.74) is 0. The summed E-state index contributed by atoms with van der Waals surface area (Å²) < 4.78 is 25.9. The summed E-state index contributed by atoms with van der Waals surface area (Å²) in [5, 5.41) is 0.113. The van der Waals surface area contributed by atoms with Crippen LogP contribution < -0.4 is 4.72 Å². The first kappa shape index (κ1) is 11.6. The van der Waals surface area contributed by atoms with Crippen molar-refractivity contribution in [2.24, 2.45) is 0 Å². The first-order valence-corrected chi connectivity index (χ1v) is 6.76. The van der Waals surface area contributed by atoms with E-state index in [4.69, 9.17) is 0 Å². The van der Waals surface area contributed by atoms with Crippen molar-refractivity contribution in [1.29, 1.82) is 0 Å². The molecule has 0 unspecified atom stereocenters. The predicted molar refractivity (Wildman–Crippen MR) is 59.4 cm³/mol. The zero-order valence-electron chi connectivity index (χ0n) is 9.18. The Balaban J connectivity index is 1.81. The first-order chi connectivity index (χ1) is 7.59. The molecule has 1 heterocycles. The normalized spacial score (nSPS) is 16.9. The van der Waals surface area contributed by atoms with Crippen molar-refractivity contribution in [2.45, 2.75) is 23.9 Å². The number of hydrogen-bond donors (Lipinski definition) is 2. The van der Waals surface area contributed by atoms with Gasteiger partial charge in [-0.05, 0) is 19.9 Å². The minimum absolute atomic E-state index is 0.113. The molecule has 1 fully saturated rings. The fraction of sp³-hybridized carbons (Fsp3) is 0.667. The van der Waals surface area contributed by atoms with Crippen molar-refractivity contribution < 1.29 is 8.42 Å². The molecule has 0 spiro atoms. The number of imidazole rings is 1. The molecule has 0 atom stereocenters. The van der Waals surface area contributed by atoms with Gasteiger partial charge in [0.15, 0.2) is 5.03 Å². The molecule has 1 aromatic heterocycles. The molecule has 0 saturated heterocycles. The molecule has 1 saturated carbocycles. The molecule has 0 aliphatic heterocycles. The fourth-order valence-electron chi connectivity index (χ4n) is 1.52. The molecule has 0 aromatic carbocycles. The van der Waals surface area contributed by atoms with E-state index in [0.29, 0.717) is 12.6 Å². The Bertz CT molecular complexity index is 424. The van der Waals surface area contributed by atoms with Gasteiger partial charge in [0.2, 0.25) is 0 Å². The quantitative estimate of drug-likeness (QED) is 0.725. The van der Waals surface area contributed by atoms with Crippen molar-refractivity contribution in [3.05, 3.63) is 12.5 Å². The SMILES string of the molecule is CN(CCNS(=O)(=O)c1cnc[nH]1)C1CC1. The Morgan fingerprint density at radius 3 is 2.94 bits per heavy atom. The van der Waals surface area contributed by atoms with E-state index in [2.05, 4.69) is 19.6 Å². The van der Waals surface area contributed by atoms with Crippen molar-refractivity contribution >= 4 is 10.0 Å². The van der Waals surface area contributed by atoms with Crippen LogP contribution in [0.15, 0.2) is 17.6 Å². The van der Waals surface area contributed by atoms with Crippen molar-refractivity contribution in [1.82, 2.24) is 19.6 Å². The van der Waals surface area contributed by atoms with E-state index in [1.54, 1.807) is 0 Å². The van der Waals surface area contributed by atoms with Crippen LogP contribution in [-0.2, 0) is 10.0 Å². The lowest BCUT2D eigenvalue weighted by molar-refractivity contribution is 0.329. The Labute approximate surface area is 95.1 Å². The van der Waals surface area contributed by atoms with Gasteiger partial charge in [-0.15, -0.1) is 0 Å². The smallest absolute Gasteiger partial charge is 0.257 e. The molecule has 6 nitrogen and oxygen atoms in total. The Morgan fingerprint density at radius 1 is 1.62 bits per heavy atom. The van der Waals surface area contributed by atoms with E-state index in [-0.39, 0.29) is 5.03 Å². The van der Waals surface area contributed by atoms with Gasteiger partial charge < -0.3 is 9.88 Å². The molecule has 1 aliphatic rings. The van der Waals surface area contributed by atoms with Gasteiger partial charge in [-0.1, -0.05) is 0 Å². The van der Waals surface area contributed by atoms with Gasteiger partial charge >= 0.3 is 0 Å². The van der Waals surface area contributed by atoms with Crippen LogP contribution in [-0.4, -0.2) is 49.5 Å². The van der Waals surface area contributed by atoms with Gasteiger partial charge in [0.05, 0.1) is 12.5 Å². The largest absolute Gasteiger partial charge is 0.335 e. The highest BCUT2D eigenvalue weighted by molar-refractivity contribution is 7.89. The minimum Gasteiger partial charge on any atom is -0.335 e. The van der Waals surface area contributed by atoms with Crippen LogP contribution in [0.25, 0.3) is 0 Å². The summed E-state index contributed by atoms with van der Waals surface area (Å²) in [5.74, 6) is 0. The van der Waals surface area contributed by atoms with Crippen LogP contribution in [0.2, 0.25) is 0 Å². The van der Waals surface area contributed by atoms with Gasteiger partial charge in [0, 0.05) is 19.1 Å². The molecule has 0 radical (unpaired) electrons. The number of aromatic amines is 1. The van der Waals surface area contributed by atoms with E-state index in [0.717, 1.165) is 6.54 Å². The summed E-state index contributed by atoms with van der Waals surface area (Å²) in [4.78, 5) is 8.44. The molecule has 1 aromatic rings. The average molecular weight is 244 g/mol. The average Bonchev–Trinajstić information content (AvgIpc) is 2.92. The molecule has 7 heteroatoms. The Hall–Kier alpha value is -0.920. The van der Waals surface area contributed by atoms with Crippen LogP contribution in [0.3, 0.4) is 0 Å². The fourth-order valence-corrected chi connectivity index (χ4v) is 2.45. The highest BCUT2D eigenvalue weighted by Crippen LogP contribution is 2.24. The second kappa shape index (κ2) is 4.52. The maximum absolute atomic E-state index is 11.7.